The minimum absolute atomic E-state index is 0.851. The lowest BCUT2D eigenvalue weighted by Gasteiger charge is -2.14. The van der Waals surface area contributed by atoms with Crippen LogP contribution < -0.4 is 5.32 Å². The third kappa shape index (κ3) is 3.23. The molecule has 1 N–H and O–H groups in total. The van der Waals surface area contributed by atoms with Crippen LogP contribution in [0.1, 0.15) is 23.6 Å². The van der Waals surface area contributed by atoms with E-state index in [1.165, 1.54) is 38.9 Å². The fourth-order valence-electron chi connectivity index (χ4n) is 4.04. The van der Waals surface area contributed by atoms with Gasteiger partial charge in [-0.15, -0.1) is 0 Å². The molecule has 3 heteroatoms. The lowest BCUT2D eigenvalue weighted by molar-refractivity contribution is 0.795. The smallest absolute Gasteiger partial charge is 0.141 e. The molecule has 0 saturated carbocycles. The average molecular weight is 370 g/mol. The second-order valence-electron chi connectivity index (χ2n) is 7.40. The number of aromatic nitrogens is 2. The number of aryl methyl sites for hydroxylation is 3. The van der Waals surface area contributed by atoms with E-state index in [0.717, 1.165) is 24.4 Å². The first-order valence-corrected chi connectivity index (χ1v) is 9.93. The highest BCUT2D eigenvalue weighted by atomic mass is 15.1. The van der Waals surface area contributed by atoms with E-state index >= 15 is 0 Å². The molecule has 4 aromatic rings. The maximum Gasteiger partial charge on any atom is 0.141 e. The van der Waals surface area contributed by atoms with Gasteiger partial charge < -0.3 is 9.88 Å². The van der Waals surface area contributed by atoms with E-state index in [-0.39, 0.29) is 0 Å². The van der Waals surface area contributed by atoms with Gasteiger partial charge in [-0.1, -0.05) is 54.1 Å². The largest absolute Gasteiger partial charge is 0.324 e. The first kappa shape index (κ1) is 18.5. The minimum atomic E-state index is 0.851. The number of benzene rings is 3. The molecule has 0 atom stereocenters. The van der Waals surface area contributed by atoms with Crippen LogP contribution in [0.15, 0.2) is 60.7 Å². The molecule has 3 nitrogen and oxygen atoms in total. The van der Waals surface area contributed by atoms with E-state index < -0.39 is 0 Å². The maximum atomic E-state index is 5.07. The number of hydrogen-bond donors (Lipinski definition) is 1. The van der Waals surface area contributed by atoms with Crippen LogP contribution in [-0.4, -0.2) is 16.6 Å². The Morgan fingerprint density at radius 2 is 1.68 bits per heavy atom. The van der Waals surface area contributed by atoms with Crippen LogP contribution in [0.5, 0.6) is 0 Å². The van der Waals surface area contributed by atoms with Gasteiger partial charge in [0, 0.05) is 18.7 Å². The maximum absolute atomic E-state index is 5.07. The zero-order valence-electron chi connectivity index (χ0n) is 17.1. The van der Waals surface area contributed by atoms with Crippen LogP contribution in [-0.2, 0) is 13.1 Å². The number of nitrogens with one attached hydrogen (secondary N) is 1. The second kappa shape index (κ2) is 7.61. The molecule has 0 unspecified atom stereocenters. The summed E-state index contributed by atoms with van der Waals surface area (Å²) in [5.41, 5.74) is 9.77. The molecule has 1 aromatic heterocycles. The number of rotatable bonds is 5. The molecule has 0 aliphatic rings. The normalized spacial score (nSPS) is 11.3. The standard InChI is InChI=1S/C25H27N3/c1-5-28-24-13-11-19(16-26-4)15-23(24)27-25(28)22-9-7-6-8-21(22)20-12-10-17(2)14-18(20)3/h6-15,26H,5,16H2,1-4H3. The van der Waals surface area contributed by atoms with Crippen molar-refractivity contribution in [3.8, 4) is 22.5 Å². The van der Waals surface area contributed by atoms with Gasteiger partial charge in [0.2, 0.25) is 0 Å². The third-order valence-electron chi connectivity index (χ3n) is 5.35. The van der Waals surface area contributed by atoms with Crippen molar-refractivity contribution in [3.63, 3.8) is 0 Å². The molecular weight excluding hydrogens is 342 g/mol. The third-order valence-corrected chi connectivity index (χ3v) is 5.35. The van der Waals surface area contributed by atoms with Crippen molar-refractivity contribution in [2.24, 2.45) is 0 Å². The van der Waals surface area contributed by atoms with Gasteiger partial charge >= 0.3 is 0 Å². The predicted molar refractivity (Wildman–Crippen MR) is 119 cm³/mol. The summed E-state index contributed by atoms with van der Waals surface area (Å²) in [6, 6.07) is 21.9. The Morgan fingerprint density at radius 3 is 2.39 bits per heavy atom. The Balaban J connectivity index is 1.93. The fraction of sp³-hybridized carbons (Fsp3) is 0.240. The zero-order chi connectivity index (χ0) is 19.7. The highest BCUT2D eigenvalue weighted by Gasteiger charge is 2.16. The predicted octanol–water partition coefficient (Wildman–Crippen LogP) is 5.73. The first-order chi connectivity index (χ1) is 13.6. The van der Waals surface area contributed by atoms with E-state index in [0.29, 0.717) is 0 Å². The van der Waals surface area contributed by atoms with Crippen LogP contribution in [0, 0.1) is 13.8 Å². The lowest BCUT2D eigenvalue weighted by atomic mass is 9.94. The van der Waals surface area contributed by atoms with Crippen molar-refractivity contribution in [1.29, 1.82) is 0 Å². The highest BCUT2D eigenvalue weighted by Crippen LogP contribution is 2.35. The van der Waals surface area contributed by atoms with E-state index in [9.17, 15) is 0 Å². The highest BCUT2D eigenvalue weighted by molar-refractivity contribution is 5.87. The van der Waals surface area contributed by atoms with Crippen LogP contribution in [0.3, 0.4) is 0 Å². The van der Waals surface area contributed by atoms with E-state index in [4.69, 9.17) is 4.98 Å². The van der Waals surface area contributed by atoms with Gasteiger partial charge in [0.25, 0.3) is 0 Å². The van der Waals surface area contributed by atoms with Crippen molar-refractivity contribution < 1.29 is 0 Å². The van der Waals surface area contributed by atoms with Crippen molar-refractivity contribution in [2.75, 3.05) is 7.05 Å². The summed E-state index contributed by atoms with van der Waals surface area (Å²) >= 11 is 0. The van der Waals surface area contributed by atoms with Gasteiger partial charge in [-0.3, -0.25) is 0 Å². The zero-order valence-corrected chi connectivity index (χ0v) is 17.1. The average Bonchev–Trinajstić information content (AvgIpc) is 3.06. The molecule has 0 amide bonds. The summed E-state index contributed by atoms with van der Waals surface area (Å²) in [6.45, 7) is 8.25. The Morgan fingerprint density at radius 1 is 0.893 bits per heavy atom. The fourth-order valence-corrected chi connectivity index (χ4v) is 4.04. The number of fused-ring (bicyclic) bond motifs is 1. The molecule has 0 fully saturated rings. The van der Waals surface area contributed by atoms with Crippen molar-refractivity contribution >= 4 is 11.0 Å². The molecule has 0 radical (unpaired) electrons. The molecule has 4 rings (SSSR count). The number of imidazole rings is 1. The van der Waals surface area contributed by atoms with Crippen molar-refractivity contribution in [3.05, 3.63) is 77.4 Å². The molecule has 0 bridgehead atoms. The Labute approximate surface area is 167 Å². The molecule has 0 aliphatic carbocycles. The minimum Gasteiger partial charge on any atom is -0.324 e. The van der Waals surface area contributed by atoms with Gasteiger partial charge in [-0.2, -0.15) is 0 Å². The molecule has 3 aromatic carbocycles. The quantitative estimate of drug-likeness (QED) is 0.487. The monoisotopic (exact) mass is 369 g/mol. The Hall–Kier alpha value is -2.91. The molecule has 1 heterocycles. The van der Waals surface area contributed by atoms with Crippen molar-refractivity contribution in [2.45, 2.75) is 33.9 Å². The summed E-state index contributed by atoms with van der Waals surface area (Å²) in [7, 11) is 1.97. The number of hydrogen-bond acceptors (Lipinski definition) is 2. The van der Waals surface area contributed by atoms with Gasteiger partial charge in [0.15, 0.2) is 0 Å². The van der Waals surface area contributed by atoms with Crippen LogP contribution in [0.4, 0.5) is 0 Å². The molecule has 28 heavy (non-hydrogen) atoms. The summed E-state index contributed by atoms with van der Waals surface area (Å²) in [5.74, 6) is 1.04. The van der Waals surface area contributed by atoms with Gasteiger partial charge in [0.1, 0.15) is 5.82 Å². The molecule has 0 aliphatic heterocycles. The van der Waals surface area contributed by atoms with Gasteiger partial charge in [-0.25, -0.2) is 4.98 Å². The van der Waals surface area contributed by atoms with Gasteiger partial charge in [0.05, 0.1) is 11.0 Å². The lowest BCUT2D eigenvalue weighted by Crippen LogP contribution is -2.04. The van der Waals surface area contributed by atoms with Crippen LogP contribution >= 0.6 is 0 Å². The van der Waals surface area contributed by atoms with E-state index in [2.05, 4.69) is 91.3 Å². The summed E-state index contributed by atoms with van der Waals surface area (Å²) in [5, 5.41) is 3.22. The molecule has 142 valence electrons. The van der Waals surface area contributed by atoms with Crippen LogP contribution in [0.2, 0.25) is 0 Å². The van der Waals surface area contributed by atoms with E-state index in [1.807, 2.05) is 7.05 Å². The topological polar surface area (TPSA) is 29.9 Å². The molecule has 0 saturated heterocycles. The Kier molecular flexibility index (Phi) is 5.01. The first-order valence-electron chi connectivity index (χ1n) is 9.93. The second-order valence-corrected chi connectivity index (χ2v) is 7.40. The summed E-state index contributed by atoms with van der Waals surface area (Å²) in [6.07, 6.45) is 0. The van der Waals surface area contributed by atoms with Crippen molar-refractivity contribution in [1.82, 2.24) is 14.9 Å². The molecular formula is C25H27N3. The number of nitrogens with zero attached hydrogens (tertiary/aromatic N) is 2. The SMILES string of the molecule is CCn1c(-c2ccccc2-c2ccc(C)cc2C)nc2cc(CNC)ccc21. The summed E-state index contributed by atoms with van der Waals surface area (Å²) < 4.78 is 2.32. The Bertz CT molecular complexity index is 1140. The van der Waals surface area contributed by atoms with Gasteiger partial charge in [-0.05, 0) is 62.2 Å². The molecule has 0 spiro atoms. The van der Waals surface area contributed by atoms with E-state index in [1.54, 1.807) is 0 Å². The summed E-state index contributed by atoms with van der Waals surface area (Å²) in [4.78, 5) is 5.07. The van der Waals surface area contributed by atoms with Crippen LogP contribution in [0.25, 0.3) is 33.5 Å².